The van der Waals surface area contributed by atoms with Crippen molar-refractivity contribution in [2.45, 2.75) is 30.6 Å². The third-order valence-electron chi connectivity index (χ3n) is 4.65. The molecule has 2 atom stereocenters. The highest BCUT2D eigenvalue weighted by atomic mass is 19.1. The summed E-state index contributed by atoms with van der Waals surface area (Å²) in [5.74, 6) is -0.850. The van der Waals surface area contributed by atoms with Crippen LogP contribution in [0.3, 0.4) is 0 Å². The van der Waals surface area contributed by atoms with E-state index in [1.54, 1.807) is 0 Å². The van der Waals surface area contributed by atoms with Gasteiger partial charge in [0.25, 0.3) is 0 Å². The predicted octanol–water partition coefficient (Wildman–Crippen LogP) is 3.44. The zero-order valence-corrected chi connectivity index (χ0v) is 13.8. The molecule has 1 fully saturated rings. The molecule has 0 amide bonds. The first kappa shape index (κ1) is 16.7. The van der Waals surface area contributed by atoms with E-state index in [0.29, 0.717) is 18.6 Å². The Morgan fingerprint density at radius 1 is 1.12 bits per heavy atom. The fraction of sp³-hybridized carbons (Fsp3) is 0.263. The van der Waals surface area contributed by atoms with Crippen LogP contribution in [0.15, 0.2) is 61.2 Å². The number of aliphatic hydroxyl groups excluding tert-OH is 1. The topological polar surface area (TPSA) is 60.2 Å². The molecule has 1 aliphatic rings. The zero-order valence-electron chi connectivity index (χ0n) is 13.8. The molecule has 0 radical (unpaired) electrons. The van der Waals surface area contributed by atoms with Gasteiger partial charge < -0.3 is 9.84 Å². The van der Waals surface area contributed by atoms with Crippen LogP contribution in [0.5, 0.6) is 5.75 Å². The molecule has 26 heavy (non-hydrogen) atoms. The quantitative estimate of drug-likeness (QED) is 0.734. The van der Waals surface area contributed by atoms with E-state index in [2.05, 4.69) is 10.1 Å². The lowest BCUT2D eigenvalue weighted by molar-refractivity contribution is 0.00881. The fourth-order valence-electron chi connectivity index (χ4n) is 3.25. The number of halogens is 2. The Hall–Kier alpha value is -2.80. The second-order valence-electron chi connectivity index (χ2n) is 6.41. The molecule has 1 aromatic heterocycles. The number of nitrogens with zero attached hydrogens (tertiary/aromatic N) is 3. The molecule has 1 saturated carbocycles. The van der Waals surface area contributed by atoms with Crippen molar-refractivity contribution in [2.75, 3.05) is 0 Å². The molecule has 0 unspecified atom stereocenters. The molecule has 0 bridgehead atoms. The second kappa shape index (κ2) is 6.49. The van der Waals surface area contributed by atoms with Crippen LogP contribution in [-0.2, 0) is 0 Å². The summed E-state index contributed by atoms with van der Waals surface area (Å²) in [6.45, 7) is 0. The minimum atomic E-state index is -1.27. The largest absolute Gasteiger partial charge is 0.485 e. The van der Waals surface area contributed by atoms with Crippen LogP contribution in [0.1, 0.15) is 30.6 Å². The number of hydrogen-bond acceptors (Lipinski definition) is 4. The Labute approximate surface area is 148 Å². The Kier molecular flexibility index (Phi) is 4.16. The van der Waals surface area contributed by atoms with Gasteiger partial charge in [0.1, 0.15) is 47.8 Å². The minimum Gasteiger partial charge on any atom is -0.485 e. The lowest BCUT2D eigenvalue weighted by atomic mass is 9.95. The maximum Gasteiger partial charge on any atom is 0.137 e. The Morgan fingerprint density at radius 2 is 1.88 bits per heavy atom. The Balaban J connectivity index is 1.71. The van der Waals surface area contributed by atoms with Crippen LogP contribution in [0.4, 0.5) is 8.78 Å². The van der Waals surface area contributed by atoms with Gasteiger partial charge in [-0.3, -0.25) is 0 Å². The molecular weight excluding hydrogens is 340 g/mol. The van der Waals surface area contributed by atoms with E-state index in [-0.39, 0.29) is 5.56 Å². The highest BCUT2D eigenvalue weighted by molar-refractivity contribution is 5.27. The average Bonchev–Trinajstić information content (AvgIpc) is 3.17. The van der Waals surface area contributed by atoms with Gasteiger partial charge in [-0.25, -0.2) is 18.4 Å². The van der Waals surface area contributed by atoms with Crippen LogP contribution in [-0.4, -0.2) is 25.5 Å². The first-order valence-corrected chi connectivity index (χ1v) is 8.30. The van der Waals surface area contributed by atoms with Crippen LogP contribution < -0.4 is 4.74 Å². The van der Waals surface area contributed by atoms with Gasteiger partial charge in [0.15, 0.2) is 0 Å². The molecule has 1 heterocycles. The Morgan fingerprint density at radius 3 is 2.50 bits per heavy atom. The van der Waals surface area contributed by atoms with E-state index >= 15 is 0 Å². The molecule has 5 nitrogen and oxygen atoms in total. The van der Waals surface area contributed by atoms with Gasteiger partial charge in [0, 0.05) is 11.6 Å². The van der Waals surface area contributed by atoms with E-state index in [0.717, 1.165) is 12.1 Å². The summed E-state index contributed by atoms with van der Waals surface area (Å²) in [4.78, 5) is 3.94. The number of benzene rings is 2. The maximum atomic E-state index is 14.3. The zero-order chi connectivity index (χ0) is 18.1. The molecule has 1 N–H and O–H groups in total. The highest BCUT2D eigenvalue weighted by Gasteiger charge is 2.57. The van der Waals surface area contributed by atoms with Gasteiger partial charge in [-0.15, -0.1) is 0 Å². The van der Waals surface area contributed by atoms with Crippen LogP contribution in [0.2, 0.25) is 0 Å². The number of ether oxygens (including phenoxy) is 1. The van der Waals surface area contributed by atoms with E-state index in [9.17, 15) is 13.9 Å². The molecule has 3 aromatic rings. The summed E-state index contributed by atoms with van der Waals surface area (Å²) < 4.78 is 35.1. The number of aromatic nitrogens is 3. The number of rotatable bonds is 6. The van der Waals surface area contributed by atoms with Gasteiger partial charge in [-0.1, -0.05) is 24.3 Å². The minimum absolute atomic E-state index is 0.00478. The molecule has 7 heteroatoms. The normalized spacial score (nSPS) is 17.5. The molecule has 0 aliphatic heterocycles. The number of para-hydroxylation sites is 1. The summed E-state index contributed by atoms with van der Waals surface area (Å²) in [5, 5.41) is 15.1. The molecule has 0 spiro atoms. The predicted molar refractivity (Wildman–Crippen MR) is 89.4 cm³/mol. The lowest BCUT2D eigenvalue weighted by Gasteiger charge is -2.32. The van der Waals surface area contributed by atoms with Crippen LogP contribution >= 0.6 is 0 Å². The van der Waals surface area contributed by atoms with E-state index in [1.807, 2.05) is 30.3 Å². The van der Waals surface area contributed by atoms with Gasteiger partial charge in [-0.2, -0.15) is 5.10 Å². The molecule has 2 aromatic carbocycles. The average molecular weight is 357 g/mol. The maximum absolute atomic E-state index is 14.3. The van der Waals surface area contributed by atoms with Gasteiger partial charge >= 0.3 is 0 Å². The first-order chi connectivity index (χ1) is 12.6. The van der Waals surface area contributed by atoms with Crippen molar-refractivity contribution in [1.82, 2.24) is 14.8 Å². The monoisotopic (exact) mass is 357 g/mol. The summed E-state index contributed by atoms with van der Waals surface area (Å²) in [5.41, 5.74) is -0.746. The Bertz CT molecular complexity index is 883. The summed E-state index contributed by atoms with van der Waals surface area (Å²) in [6, 6.07) is 11.7. The van der Waals surface area contributed by atoms with Crippen molar-refractivity contribution in [3.63, 3.8) is 0 Å². The standard InChI is InChI=1S/C19H17F2N3O2/c20-13-6-7-15(16(21)10-13)17(25)18(24-12-22-11-23-24)19(8-9-19)26-14-4-2-1-3-5-14/h1-7,10-12,17-18,25H,8-9H2/t17-,18+/m0/s1. The van der Waals surface area contributed by atoms with Gasteiger partial charge in [0.2, 0.25) is 0 Å². The molecule has 0 saturated heterocycles. The van der Waals surface area contributed by atoms with Crippen LogP contribution in [0.25, 0.3) is 0 Å². The summed E-state index contributed by atoms with van der Waals surface area (Å²) in [6.07, 6.45) is 2.88. The van der Waals surface area contributed by atoms with Crippen molar-refractivity contribution in [3.05, 3.63) is 78.4 Å². The van der Waals surface area contributed by atoms with Gasteiger partial charge in [0.05, 0.1) is 0 Å². The highest BCUT2D eigenvalue weighted by Crippen LogP contribution is 2.53. The number of aliphatic hydroxyl groups is 1. The first-order valence-electron chi connectivity index (χ1n) is 8.30. The van der Waals surface area contributed by atoms with Crippen molar-refractivity contribution in [1.29, 1.82) is 0 Å². The van der Waals surface area contributed by atoms with E-state index < -0.39 is 29.4 Å². The third kappa shape index (κ3) is 3.06. The molecule has 134 valence electrons. The van der Waals surface area contributed by atoms with Crippen molar-refractivity contribution < 1.29 is 18.6 Å². The summed E-state index contributed by atoms with van der Waals surface area (Å²) in [7, 11) is 0. The van der Waals surface area contributed by atoms with Crippen LogP contribution in [0, 0.1) is 11.6 Å². The second-order valence-corrected chi connectivity index (χ2v) is 6.41. The fourth-order valence-corrected chi connectivity index (χ4v) is 3.25. The molecule has 4 rings (SSSR count). The third-order valence-corrected chi connectivity index (χ3v) is 4.65. The SMILES string of the molecule is O[C@@H](c1ccc(F)cc1F)[C@@H](n1cncn1)C1(Oc2ccccc2)CC1. The smallest absolute Gasteiger partial charge is 0.137 e. The summed E-state index contributed by atoms with van der Waals surface area (Å²) >= 11 is 0. The van der Waals surface area contributed by atoms with Crippen molar-refractivity contribution in [2.24, 2.45) is 0 Å². The van der Waals surface area contributed by atoms with E-state index in [1.165, 1.54) is 23.4 Å². The van der Waals surface area contributed by atoms with Crippen molar-refractivity contribution >= 4 is 0 Å². The lowest BCUT2D eigenvalue weighted by Crippen LogP contribution is -2.37. The van der Waals surface area contributed by atoms with Crippen molar-refractivity contribution in [3.8, 4) is 5.75 Å². The molecular formula is C19H17F2N3O2. The van der Waals surface area contributed by atoms with E-state index in [4.69, 9.17) is 4.74 Å². The number of hydrogen-bond donors (Lipinski definition) is 1. The van der Waals surface area contributed by atoms with Gasteiger partial charge in [-0.05, 0) is 31.0 Å². The molecule has 1 aliphatic carbocycles.